The maximum atomic E-state index is 10.1. The number of allylic oxidation sites excluding steroid dienone is 1. The topological polar surface area (TPSA) is 40.5 Å². The van der Waals surface area contributed by atoms with Gasteiger partial charge < -0.3 is 10.2 Å². The third-order valence-corrected chi connectivity index (χ3v) is 5.40. The zero-order chi connectivity index (χ0) is 13.9. The van der Waals surface area contributed by atoms with Crippen LogP contribution in [0.2, 0.25) is 0 Å². The lowest BCUT2D eigenvalue weighted by molar-refractivity contribution is 0.161. The van der Waals surface area contributed by atoms with E-state index >= 15 is 0 Å². The van der Waals surface area contributed by atoms with E-state index in [4.69, 9.17) is 0 Å². The van der Waals surface area contributed by atoms with Crippen molar-refractivity contribution in [2.75, 3.05) is 0 Å². The van der Waals surface area contributed by atoms with E-state index in [1.165, 1.54) is 21.9 Å². The summed E-state index contributed by atoms with van der Waals surface area (Å²) in [7, 11) is 0. The van der Waals surface area contributed by atoms with Crippen LogP contribution in [-0.2, 0) is 0 Å². The highest BCUT2D eigenvalue weighted by molar-refractivity contribution is 5.73. The summed E-state index contributed by atoms with van der Waals surface area (Å²) >= 11 is 0. The molecule has 0 aromatic heterocycles. The molecule has 2 N–H and O–H groups in total. The van der Waals surface area contributed by atoms with E-state index in [9.17, 15) is 10.2 Å². The first kappa shape index (κ1) is 12.2. The van der Waals surface area contributed by atoms with Gasteiger partial charge in [0, 0.05) is 0 Å². The number of benzene rings is 1. The summed E-state index contributed by atoms with van der Waals surface area (Å²) in [5.74, 6) is 0.341. The van der Waals surface area contributed by atoms with Crippen molar-refractivity contribution >= 4 is 11.6 Å². The lowest BCUT2D eigenvalue weighted by Crippen LogP contribution is -2.33. The van der Waals surface area contributed by atoms with Crippen LogP contribution in [-0.4, -0.2) is 16.3 Å². The maximum Gasteiger partial charge on any atom is 0.116 e. The summed E-state index contributed by atoms with van der Waals surface area (Å²) in [4.78, 5) is 0. The molecule has 4 rings (SSSR count). The normalized spacial score (nSPS) is 31.5. The van der Waals surface area contributed by atoms with E-state index in [1.54, 1.807) is 6.07 Å². The predicted molar refractivity (Wildman–Crippen MR) is 79.5 cm³/mol. The molecule has 0 saturated heterocycles. The molecule has 2 atom stereocenters. The maximum absolute atomic E-state index is 10.1. The molecule has 0 aliphatic heterocycles. The summed E-state index contributed by atoms with van der Waals surface area (Å²) in [6, 6.07) is 5.69. The van der Waals surface area contributed by atoms with Gasteiger partial charge in [0.15, 0.2) is 0 Å². The Balaban J connectivity index is 1.99. The molecule has 1 unspecified atom stereocenters. The fourth-order valence-corrected chi connectivity index (χ4v) is 4.42. The Hall–Kier alpha value is -1.54. The lowest BCUT2D eigenvalue weighted by atomic mass is 9.69. The van der Waals surface area contributed by atoms with Crippen LogP contribution >= 0.6 is 0 Å². The number of aliphatic hydroxyl groups is 1. The molecular formula is C18H20O2. The average molecular weight is 268 g/mol. The van der Waals surface area contributed by atoms with Crippen LogP contribution in [0.1, 0.15) is 39.0 Å². The number of hydrogen-bond donors (Lipinski definition) is 2. The molecule has 2 nitrogen and oxygen atoms in total. The van der Waals surface area contributed by atoms with E-state index in [2.05, 4.69) is 13.0 Å². The Morgan fingerprint density at radius 3 is 2.95 bits per heavy atom. The van der Waals surface area contributed by atoms with Gasteiger partial charge in [0.05, 0.1) is 6.10 Å². The first-order chi connectivity index (χ1) is 9.57. The van der Waals surface area contributed by atoms with E-state index < -0.39 is 0 Å². The van der Waals surface area contributed by atoms with Gasteiger partial charge in [0.1, 0.15) is 5.75 Å². The largest absolute Gasteiger partial charge is 0.508 e. The average Bonchev–Trinajstić information content (AvgIpc) is 2.72. The number of aliphatic hydroxyl groups excluding tert-OH is 1. The minimum Gasteiger partial charge on any atom is -0.508 e. The fraction of sp³-hybridized carbons (Fsp3) is 0.444. The summed E-state index contributed by atoms with van der Waals surface area (Å²) in [5.41, 5.74) is 4.61. The Bertz CT molecular complexity index is 741. The fourth-order valence-electron chi connectivity index (χ4n) is 4.42. The summed E-state index contributed by atoms with van der Waals surface area (Å²) in [6.07, 6.45) is 6.99. The number of hydrogen-bond acceptors (Lipinski definition) is 2. The highest BCUT2D eigenvalue weighted by atomic mass is 16.3. The van der Waals surface area contributed by atoms with Gasteiger partial charge in [0.25, 0.3) is 0 Å². The molecule has 0 heterocycles. The van der Waals surface area contributed by atoms with Crippen LogP contribution in [0.25, 0.3) is 11.6 Å². The predicted octanol–water partition coefficient (Wildman–Crippen LogP) is 1.98. The molecule has 1 fully saturated rings. The van der Waals surface area contributed by atoms with Crippen LogP contribution in [0.3, 0.4) is 0 Å². The number of phenolic OH excluding ortho intramolecular Hbond substituents is 1. The van der Waals surface area contributed by atoms with Crippen molar-refractivity contribution in [2.45, 2.75) is 45.1 Å². The SMILES string of the molecule is CC12CCC3=c4ccc(O)cc4=CCC3=C1C[C@@H](O)C2. The molecule has 0 amide bonds. The molecule has 20 heavy (non-hydrogen) atoms. The van der Waals surface area contributed by atoms with Crippen molar-refractivity contribution in [1.82, 2.24) is 0 Å². The molecule has 1 saturated carbocycles. The molecule has 0 spiro atoms. The van der Waals surface area contributed by atoms with Crippen molar-refractivity contribution in [2.24, 2.45) is 5.41 Å². The first-order valence-corrected chi connectivity index (χ1v) is 7.50. The van der Waals surface area contributed by atoms with Gasteiger partial charge in [-0.25, -0.2) is 0 Å². The Labute approximate surface area is 118 Å². The van der Waals surface area contributed by atoms with Crippen LogP contribution in [0.4, 0.5) is 0 Å². The Morgan fingerprint density at radius 1 is 1.25 bits per heavy atom. The second-order valence-electron chi connectivity index (χ2n) is 6.74. The zero-order valence-electron chi connectivity index (χ0n) is 11.8. The molecule has 0 bridgehead atoms. The Kier molecular flexibility index (Phi) is 2.43. The summed E-state index contributed by atoms with van der Waals surface area (Å²) < 4.78 is 0. The number of fused-ring (bicyclic) bond motifs is 3. The van der Waals surface area contributed by atoms with Gasteiger partial charge in [-0.2, -0.15) is 0 Å². The highest BCUT2D eigenvalue weighted by Crippen LogP contribution is 2.53. The van der Waals surface area contributed by atoms with Gasteiger partial charge in [-0.05, 0) is 71.2 Å². The van der Waals surface area contributed by atoms with Gasteiger partial charge in [-0.15, -0.1) is 0 Å². The van der Waals surface area contributed by atoms with Crippen molar-refractivity contribution in [3.05, 3.63) is 39.8 Å². The van der Waals surface area contributed by atoms with Crippen molar-refractivity contribution < 1.29 is 10.2 Å². The first-order valence-electron chi connectivity index (χ1n) is 7.50. The quantitative estimate of drug-likeness (QED) is 0.755. The van der Waals surface area contributed by atoms with Gasteiger partial charge >= 0.3 is 0 Å². The minimum absolute atomic E-state index is 0.164. The summed E-state index contributed by atoms with van der Waals surface area (Å²) in [5, 5.41) is 22.1. The van der Waals surface area contributed by atoms with E-state index in [1.807, 2.05) is 12.1 Å². The van der Waals surface area contributed by atoms with Crippen LogP contribution < -0.4 is 10.4 Å². The molecule has 3 aliphatic rings. The van der Waals surface area contributed by atoms with E-state index in [0.29, 0.717) is 5.75 Å². The van der Waals surface area contributed by atoms with Gasteiger partial charge in [-0.3, -0.25) is 0 Å². The minimum atomic E-state index is -0.164. The molecule has 2 heteroatoms. The summed E-state index contributed by atoms with van der Waals surface area (Å²) in [6.45, 7) is 2.31. The van der Waals surface area contributed by atoms with Crippen LogP contribution in [0, 0.1) is 5.41 Å². The third kappa shape index (κ3) is 1.61. The second-order valence-corrected chi connectivity index (χ2v) is 6.74. The second kappa shape index (κ2) is 3.98. The molecule has 1 aromatic carbocycles. The number of phenols is 1. The van der Waals surface area contributed by atoms with E-state index in [0.717, 1.165) is 37.3 Å². The monoisotopic (exact) mass is 268 g/mol. The lowest BCUT2D eigenvalue weighted by Gasteiger charge is -2.35. The van der Waals surface area contributed by atoms with Crippen LogP contribution in [0.15, 0.2) is 29.3 Å². The van der Waals surface area contributed by atoms with Gasteiger partial charge in [0.2, 0.25) is 0 Å². The zero-order valence-corrected chi connectivity index (χ0v) is 11.8. The van der Waals surface area contributed by atoms with Gasteiger partial charge in [-0.1, -0.05) is 24.6 Å². The number of aromatic hydroxyl groups is 1. The molecular weight excluding hydrogens is 248 g/mol. The Morgan fingerprint density at radius 2 is 2.10 bits per heavy atom. The standard InChI is InChI=1S/C18H20O2/c1-18-7-6-15-14-5-3-12(19)8-11(14)2-4-16(15)17(18)9-13(20)10-18/h2-3,5,8,13,19-20H,4,6-7,9-10H2,1H3/t13-,18?/m1/s1. The smallest absolute Gasteiger partial charge is 0.116 e. The molecule has 1 aromatic rings. The molecule has 3 aliphatic carbocycles. The van der Waals surface area contributed by atoms with Crippen molar-refractivity contribution in [3.8, 4) is 5.75 Å². The van der Waals surface area contributed by atoms with E-state index in [-0.39, 0.29) is 11.5 Å². The number of rotatable bonds is 0. The van der Waals surface area contributed by atoms with Crippen LogP contribution in [0.5, 0.6) is 5.75 Å². The molecule has 0 radical (unpaired) electrons. The highest BCUT2D eigenvalue weighted by Gasteiger charge is 2.43. The van der Waals surface area contributed by atoms with Crippen molar-refractivity contribution in [3.63, 3.8) is 0 Å². The third-order valence-electron chi connectivity index (χ3n) is 5.40. The molecule has 104 valence electrons. The van der Waals surface area contributed by atoms with Crippen molar-refractivity contribution in [1.29, 1.82) is 0 Å².